The lowest BCUT2D eigenvalue weighted by Gasteiger charge is -2.44. The van der Waals surface area contributed by atoms with Crippen LogP contribution in [0.2, 0.25) is 0 Å². The average Bonchev–Trinajstić information content (AvgIpc) is 3.39. The molecule has 144 valence electrons. The van der Waals surface area contributed by atoms with Crippen LogP contribution >= 0.6 is 11.3 Å². The van der Waals surface area contributed by atoms with Crippen LogP contribution < -0.4 is 5.73 Å². The highest BCUT2D eigenvalue weighted by Crippen LogP contribution is 2.46. The van der Waals surface area contributed by atoms with Crippen LogP contribution in [0.5, 0.6) is 0 Å². The molecular formula is C20H21N5O2S. The van der Waals surface area contributed by atoms with Crippen LogP contribution in [0, 0.1) is 0 Å². The third-order valence-corrected chi connectivity index (χ3v) is 6.85. The van der Waals surface area contributed by atoms with Gasteiger partial charge in [-0.05, 0) is 36.6 Å². The Hall–Kier alpha value is -2.71. The molecule has 1 saturated heterocycles. The minimum Gasteiger partial charge on any atom is -0.384 e. The summed E-state index contributed by atoms with van der Waals surface area (Å²) in [6.45, 7) is 2.06. The highest BCUT2D eigenvalue weighted by atomic mass is 32.1. The number of carbonyl (C=O) groups is 1. The number of nitrogens with two attached hydrogens (primary N) is 1. The summed E-state index contributed by atoms with van der Waals surface area (Å²) in [6, 6.07) is 7.94. The van der Waals surface area contributed by atoms with E-state index in [4.69, 9.17) is 10.5 Å². The molecule has 0 atom stereocenters. The van der Waals surface area contributed by atoms with Crippen molar-refractivity contribution in [1.82, 2.24) is 20.1 Å². The summed E-state index contributed by atoms with van der Waals surface area (Å²) in [5.74, 6) is 0.551. The van der Waals surface area contributed by atoms with Crippen LogP contribution in [0.15, 0.2) is 36.7 Å². The Morgan fingerprint density at radius 2 is 2.18 bits per heavy atom. The van der Waals surface area contributed by atoms with Crippen molar-refractivity contribution in [2.45, 2.75) is 24.9 Å². The number of nitrogens with zero attached hydrogens (tertiary/aromatic N) is 3. The summed E-state index contributed by atoms with van der Waals surface area (Å²) in [5, 5.41) is 6.58. The zero-order valence-electron chi connectivity index (χ0n) is 15.4. The lowest BCUT2D eigenvalue weighted by molar-refractivity contribution is -0.0926. The van der Waals surface area contributed by atoms with Gasteiger partial charge in [-0.3, -0.25) is 9.89 Å². The van der Waals surface area contributed by atoms with E-state index < -0.39 is 0 Å². The van der Waals surface area contributed by atoms with Gasteiger partial charge in [0.2, 0.25) is 0 Å². The lowest BCUT2D eigenvalue weighted by Crippen LogP contribution is -2.48. The van der Waals surface area contributed by atoms with Gasteiger partial charge in [0.05, 0.1) is 34.5 Å². The first-order valence-electron chi connectivity index (χ1n) is 9.43. The number of piperidine rings is 1. The van der Waals surface area contributed by atoms with Gasteiger partial charge < -0.3 is 15.4 Å². The average molecular weight is 395 g/mol. The van der Waals surface area contributed by atoms with E-state index in [-0.39, 0.29) is 11.5 Å². The van der Waals surface area contributed by atoms with Crippen molar-refractivity contribution in [3.63, 3.8) is 0 Å². The molecular weight excluding hydrogens is 374 g/mol. The molecule has 8 heteroatoms. The molecule has 0 aromatic carbocycles. The van der Waals surface area contributed by atoms with Crippen molar-refractivity contribution >= 4 is 23.1 Å². The minimum absolute atomic E-state index is 0.0228. The first-order chi connectivity index (χ1) is 13.6. The van der Waals surface area contributed by atoms with Gasteiger partial charge in [-0.15, -0.1) is 11.3 Å². The molecule has 0 unspecified atom stereocenters. The molecule has 3 aromatic rings. The van der Waals surface area contributed by atoms with Crippen molar-refractivity contribution in [1.29, 1.82) is 0 Å². The zero-order valence-corrected chi connectivity index (χ0v) is 16.2. The molecule has 1 fully saturated rings. The molecule has 3 aromatic heterocycles. The maximum Gasteiger partial charge on any atom is 0.257 e. The number of aromatic nitrogens is 3. The topological polar surface area (TPSA) is 97.1 Å². The highest BCUT2D eigenvalue weighted by molar-refractivity contribution is 7.15. The van der Waals surface area contributed by atoms with Crippen molar-refractivity contribution < 1.29 is 9.53 Å². The minimum atomic E-state index is -0.310. The number of carbonyl (C=O) groups excluding carboxylic acids is 1. The number of thiophene rings is 1. The lowest BCUT2D eigenvalue weighted by atomic mass is 9.82. The quantitative estimate of drug-likeness (QED) is 0.695. The molecule has 2 aliphatic rings. The number of likely N-dealkylation sites (tertiary alicyclic amines) is 1. The third-order valence-electron chi connectivity index (χ3n) is 5.63. The largest absolute Gasteiger partial charge is 0.384 e. The van der Waals surface area contributed by atoms with Gasteiger partial charge in [0, 0.05) is 30.6 Å². The number of pyridine rings is 1. The maximum atomic E-state index is 12.6. The molecule has 1 spiro atoms. The molecule has 0 bridgehead atoms. The summed E-state index contributed by atoms with van der Waals surface area (Å²) in [6.07, 6.45) is 5.73. The smallest absolute Gasteiger partial charge is 0.257 e. The number of anilines is 1. The number of amides is 1. The summed E-state index contributed by atoms with van der Waals surface area (Å²) in [7, 11) is 0. The third kappa shape index (κ3) is 2.89. The maximum absolute atomic E-state index is 12.6. The number of rotatable bonds is 2. The summed E-state index contributed by atoms with van der Waals surface area (Å²) in [5.41, 5.74) is 8.32. The van der Waals surface area contributed by atoms with E-state index >= 15 is 0 Å². The normalized spacial score (nSPS) is 18.2. The predicted octanol–water partition coefficient (Wildman–Crippen LogP) is 2.82. The number of hydrogen-bond acceptors (Lipinski definition) is 6. The molecule has 0 aliphatic carbocycles. The Balaban J connectivity index is 1.40. The van der Waals surface area contributed by atoms with Gasteiger partial charge in [0.25, 0.3) is 5.91 Å². The van der Waals surface area contributed by atoms with Crippen LogP contribution in [-0.2, 0) is 16.8 Å². The van der Waals surface area contributed by atoms with Crippen molar-refractivity contribution in [2.24, 2.45) is 0 Å². The van der Waals surface area contributed by atoms with E-state index in [1.807, 2.05) is 17.0 Å². The number of nitrogen functional groups attached to an aromatic ring is 1. The van der Waals surface area contributed by atoms with Gasteiger partial charge in [0.15, 0.2) is 0 Å². The van der Waals surface area contributed by atoms with Crippen LogP contribution in [0.25, 0.3) is 10.6 Å². The Kier molecular flexibility index (Phi) is 4.17. The summed E-state index contributed by atoms with van der Waals surface area (Å²) < 4.78 is 6.33. The van der Waals surface area contributed by atoms with Crippen molar-refractivity contribution in [2.75, 3.05) is 25.4 Å². The number of nitrogens with one attached hydrogen (secondary N) is 1. The fourth-order valence-corrected chi connectivity index (χ4v) is 5.37. The molecule has 0 saturated carbocycles. The summed E-state index contributed by atoms with van der Waals surface area (Å²) in [4.78, 5) is 21.5. The van der Waals surface area contributed by atoms with E-state index in [0.29, 0.717) is 31.1 Å². The summed E-state index contributed by atoms with van der Waals surface area (Å²) >= 11 is 1.78. The fraction of sp³-hybridized carbons (Fsp3) is 0.350. The Labute approximate surface area is 166 Å². The van der Waals surface area contributed by atoms with E-state index in [1.54, 1.807) is 29.8 Å². The highest BCUT2D eigenvalue weighted by Gasteiger charge is 2.43. The Morgan fingerprint density at radius 1 is 1.32 bits per heavy atom. The van der Waals surface area contributed by atoms with E-state index in [9.17, 15) is 4.79 Å². The van der Waals surface area contributed by atoms with Crippen LogP contribution in [0.3, 0.4) is 0 Å². The number of hydrogen-bond donors (Lipinski definition) is 2. The molecule has 3 N–H and O–H groups in total. The van der Waals surface area contributed by atoms with E-state index in [0.717, 1.165) is 29.8 Å². The SMILES string of the molecule is Nc1cccc(-c2cc3c(s2)CCOC32CCN(C(=O)c3cn[nH]c3)CC2)n1. The fourth-order valence-electron chi connectivity index (χ4n) is 4.17. The second-order valence-corrected chi connectivity index (χ2v) is 8.40. The van der Waals surface area contributed by atoms with Gasteiger partial charge in [0.1, 0.15) is 5.82 Å². The van der Waals surface area contributed by atoms with Crippen LogP contribution in [0.4, 0.5) is 5.82 Å². The first-order valence-corrected chi connectivity index (χ1v) is 10.2. The number of ether oxygens (including phenoxy) is 1. The molecule has 5 rings (SSSR count). The number of aromatic amines is 1. The van der Waals surface area contributed by atoms with E-state index in [1.165, 1.54) is 10.4 Å². The number of H-pyrrole nitrogens is 1. The molecule has 0 radical (unpaired) electrons. The first kappa shape index (κ1) is 17.4. The van der Waals surface area contributed by atoms with Crippen molar-refractivity contribution in [3.05, 3.63) is 52.7 Å². The Bertz CT molecular complexity index is 1010. The standard InChI is InChI=1S/C20H21N5O2S/c21-18-3-1-2-15(24-18)17-10-14-16(28-17)4-9-27-20(14)5-7-25(8-6-20)19(26)13-11-22-23-12-13/h1-3,10-12H,4-9H2,(H2,21,24)(H,22,23). The molecule has 2 aliphatic heterocycles. The molecule has 7 nitrogen and oxygen atoms in total. The van der Waals surface area contributed by atoms with E-state index in [2.05, 4.69) is 21.2 Å². The van der Waals surface area contributed by atoms with Gasteiger partial charge in [-0.1, -0.05) is 6.07 Å². The second kappa shape index (κ2) is 6.72. The molecule has 1 amide bonds. The van der Waals surface area contributed by atoms with Crippen LogP contribution in [0.1, 0.15) is 33.6 Å². The van der Waals surface area contributed by atoms with Gasteiger partial charge in [-0.2, -0.15) is 5.10 Å². The van der Waals surface area contributed by atoms with Gasteiger partial charge >= 0.3 is 0 Å². The number of fused-ring (bicyclic) bond motifs is 2. The second-order valence-electron chi connectivity index (χ2n) is 7.27. The monoisotopic (exact) mass is 395 g/mol. The molecule has 5 heterocycles. The van der Waals surface area contributed by atoms with Crippen LogP contribution in [-0.4, -0.2) is 45.7 Å². The Morgan fingerprint density at radius 3 is 2.93 bits per heavy atom. The van der Waals surface area contributed by atoms with Crippen molar-refractivity contribution in [3.8, 4) is 10.6 Å². The van der Waals surface area contributed by atoms with Gasteiger partial charge in [-0.25, -0.2) is 4.98 Å². The zero-order chi connectivity index (χ0) is 19.1. The molecule has 28 heavy (non-hydrogen) atoms. The predicted molar refractivity (Wildman–Crippen MR) is 107 cm³/mol.